The second kappa shape index (κ2) is 12.6. The Balaban J connectivity index is 2.01. The molecule has 2 amide bonds. The molecule has 2 aromatic carbocycles. The molecule has 1 N–H and O–H groups in total. The van der Waals surface area contributed by atoms with Gasteiger partial charge in [-0.3, -0.25) is 9.59 Å². The minimum absolute atomic E-state index is 0.113. The minimum Gasteiger partial charge on any atom is -0.494 e. The van der Waals surface area contributed by atoms with Gasteiger partial charge in [-0.1, -0.05) is 53.9 Å². The first kappa shape index (κ1) is 25.0. The quantitative estimate of drug-likeness (QED) is 0.452. The maximum Gasteiger partial charge on any atom is 0.242 e. The average Bonchev–Trinajstić information content (AvgIpc) is 2.76. The number of nitrogens with zero attached hydrogens (tertiary/aromatic N) is 1. The molecule has 7 heteroatoms. The molecule has 0 aliphatic heterocycles. The third-order valence-corrected chi connectivity index (χ3v) is 5.62. The normalized spacial score (nSPS) is 11.6. The van der Waals surface area contributed by atoms with Crippen LogP contribution in [0.2, 0.25) is 10.0 Å². The largest absolute Gasteiger partial charge is 0.494 e. The zero-order valence-electron chi connectivity index (χ0n) is 18.3. The van der Waals surface area contributed by atoms with E-state index >= 15 is 0 Å². The number of benzene rings is 2. The lowest BCUT2D eigenvalue weighted by Gasteiger charge is -2.29. The minimum atomic E-state index is -0.605. The van der Waals surface area contributed by atoms with Gasteiger partial charge in [-0.05, 0) is 56.5 Å². The second-order valence-electron chi connectivity index (χ2n) is 7.50. The fraction of sp³-hybridized carbons (Fsp3) is 0.417. The van der Waals surface area contributed by atoms with Crippen LogP contribution >= 0.6 is 23.2 Å². The van der Waals surface area contributed by atoms with Crippen molar-refractivity contribution >= 4 is 35.0 Å². The third kappa shape index (κ3) is 8.08. The van der Waals surface area contributed by atoms with Crippen molar-refractivity contribution in [2.45, 2.75) is 52.6 Å². The first-order valence-electron chi connectivity index (χ1n) is 10.5. The molecule has 1 unspecified atom stereocenters. The Kier molecular flexibility index (Phi) is 10.2. The first-order valence-corrected chi connectivity index (χ1v) is 11.3. The fourth-order valence-electron chi connectivity index (χ4n) is 3.00. The van der Waals surface area contributed by atoms with Crippen LogP contribution in [0.5, 0.6) is 5.75 Å². The number of halogens is 2. The monoisotopic (exact) mass is 464 g/mol. The molecule has 31 heavy (non-hydrogen) atoms. The van der Waals surface area contributed by atoms with Gasteiger partial charge >= 0.3 is 0 Å². The number of rotatable bonds is 11. The molecule has 0 aromatic heterocycles. The Morgan fingerprint density at radius 1 is 1.10 bits per heavy atom. The van der Waals surface area contributed by atoms with Gasteiger partial charge in [0.15, 0.2) is 0 Å². The van der Waals surface area contributed by atoms with Gasteiger partial charge in [-0.15, -0.1) is 0 Å². The highest BCUT2D eigenvalue weighted by molar-refractivity contribution is 6.42. The van der Waals surface area contributed by atoms with E-state index < -0.39 is 6.04 Å². The number of amides is 2. The van der Waals surface area contributed by atoms with Gasteiger partial charge in [-0.2, -0.15) is 0 Å². The van der Waals surface area contributed by atoms with Crippen molar-refractivity contribution in [3.63, 3.8) is 0 Å². The van der Waals surface area contributed by atoms with Crippen molar-refractivity contribution in [1.29, 1.82) is 0 Å². The summed E-state index contributed by atoms with van der Waals surface area (Å²) in [5.41, 5.74) is 1.98. The van der Waals surface area contributed by atoms with Gasteiger partial charge in [-0.25, -0.2) is 0 Å². The first-order chi connectivity index (χ1) is 14.8. The molecular formula is C24H30Cl2N2O3. The predicted molar refractivity (Wildman–Crippen MR) is 126 cm³/mol. The topological polar surface area (TPSA) is 58.6 Å². The standard InChI is InChI=1S/C24H30Cl2N2O3/c1-4-13-27-24(30)18(3)28(16-19-9-12-21(25)22(26)15-19)23(29)6-5-14-31-20-10-7-17(2)8-11-20/h7-12,15,18H,4-6,13-14,16H2,1-3H3,(H,27,30). The fourth-order valence-corrected chi connectivity index (χ4v) is 3.33. The molecule has 0 saturated carbocycles. The molecule has 0 spiro atoms. The Morgan fingerprint density at radius 3 is 2.45 bits per heavy atom. The smallest absolute Gasteiger partial charge is 0.242 e. The van der Waals surface area contributed by atoms with Crippen molar-refractivity contribution < 1.29 is 14.3 Å². The van der Waals surface area contributed by atoms with E-state index in [1.165, 1.54) is 0 Å². The third-order valence-electron chi connectivity index (χ3n) is 4.88. The van der Waals surface area contributed by atoms with Crippen LogP contribution in [0.15, 0.2) is 42.5 Å². The van der Waals surface area contributed by atoms with Gasteiger partial charge in [0, 0.05) is 19.5 Å². The Hall–Kier alpha value is -2.24. The van der Waals surface area contributed by atoms with E-state index in [-0.39, 0.29) is 24.8 Å². The van der Waals surface area contributed by atoms with Crippen LogP contribution in [0, 0.1) is 6.92 Å². The molecule has 0 heterocycles. The molecular weight excluding hydrogens is 435 g/mol. The van der Waals surface area contributed by atoms with Crippen LogP contribution in [0.25, 0.3) is 0 Å². The Labute approximate surface area is 194 Å². The molecule has 0 bridgehead atoms. The van der Waals surface area contributed by atoms with E-state index in [0.717, 1.165) is 23.3 Å². The lowest BCUT2D eigenvalue weighted by molar-refractivity contribution is -0.140. The van der Waals surface area contributed by atoms with Crippen molar-refractivity contribution in [1.82, 2.24) is 10.2 Å². The molecule has 0 saturated heterocycles. The number of carbonyl (C=O) groups excluding carboxylic acids is 2. The predicted octanol–water partition coefficient (Wildman–Crippen LogP) is 5.40. The number of aryl methyl sites for hydroxylation is 1. The van der Waals surface area contributed by atoms with Crippen LogP contribution in [0.1, 0.15) is 44.2 Å². The van der Waals surface area contributed by atoms with Crippen LogP contribution in [0.4, 0.5) is 0 Å². The van der Waals surface area contributed by atoms with Crippen molar-refractivity contribution in [3.05, 3.63) is 63.6 Å². The molecule has 2 rings (SSSR count). The van der Waals surface area contributed by atoms with Gasteiger partial charge < -0.3 is 15.0 Å². The summed E-state index contributed by atoms with van der Waals surface area (Å²) in [6.45, 7) is 7.01. The Bertz CT molecular complexity index is 872. The summed E-state index contributed by atoms with van der Waals surface area (Å²) in [5.74, 6) is 0.488. The van der Waals surface area contributed by atoms with Crippen molar-refractivity contribution in [2.75, 3.05) is 13.2 Å². The molecule has 0 aliphatic rings. The van der Waals surface area contributed by atoms with Gasteiger partial charge in [0.25, 0.3) is 0 Å². The highest BCUT2D eigenvalue weighted by atomic mass is 35.5. The SMILES string of the molecule is CCCNC(=O)C(C)N(Cc1ccc(Cl)c(Cl)c1)C(=O)CCCOc1ccc(C)cc1. The number of nitrogens with one attached hydrogen (secondary N) is 1. The summed E-state index contributed by atoms with van der Waals surface area (Å²) in [5, 5.41) is 3.73. The number of carbonyl (C=O) groups is 2. The number of hydrogen-bond donors (Lipinski definition) is 1. The average molecular weight is 465 g/mol. The van der Waals surface area contributed by atoms with Crippen LogP contribution in [-0.2, 0) is 16.1 Å². The molecule has 0 radical (unpaired) electrons. The molecule has 2 aromatic rings. The summed E-state index contributed by atoms with van der Waals surface area (Å²) in [7, 11) is 0. The van der Waals surface area contributed by atoms with E-state index in [1.807, 2.05) is 44.2 Å². The van der Waals surface area contributed by atoms with Gasteiger partial charge in [0.05, 0.1) is 16.7 Å². The number of hydrogen-bond acceptors (Lipinski definition) is 3. The maximum atomic E-state index is 13.0. The van der Waals surface area contributed by atoms with E-state index in [9.17, 15) is 9.59 Å². The van der Waals surface area contributed by atoms with E-state index in [0.29, 0.717) is 29.6 Å². The molecule has 1 atom stereocenters. The van der Waals surface area contributed by atoms with Gasteiger partial charge in [0.2, 0.25) is 11.8 Å². The summed E-state index contributed by atoms with van der Waals surface area (Å²) in [4.78, 5) is 27.1. The van der Waals surface area contributed by atoms with Gasteiger partial charge in [0.1, 0.15) is 11.8 Å². The zero-order valence-corrected chi connectivity index (χ0v) is 19.8. The lowest BCUT2D eigenvalue weighted by atomic mass is 10.1. The van der Waals surface area contributed by atoms with E-state index in [2.05, 4.69) is 5.32 Å². The summed E-state index contributed by atoms with van der Waals surface area (Å²) < 4.78 is 5.72. The molecule has 0 fully saturated rings. The molecule has 168 valence electrons. The highest BCUT2D eigenvalue weighted by Crippen LogP contribution is 2.24. The zero-order chi connectivity index (χ0) is 22.8. The molecule has 0 aliphatic carbocycles. The van der Waals surface area contributed by atoms with Crippen LogP contribution in [0.3, 0.4) is 0 Å². The number of ether oxygens (including phenoxy) is 1. The van der Waals surface area contributed by atoms with E-state index in [4.69, 9.17) is 27.9 Å². The summed E-state index contributed by atoms with van der Waals surface area (Å²) in [6.07, 6.45) is 1.65. The maximum absolute atomic E-state index is 13.0. The lowest BCUT2D eigenvalue weighted by Crippen LogP contribution is -2.47. The second-order valence-corrected chi connectivity index (χ2v) is 8.32. The van der Waals surface area contributed by atoms with Crippen molar-refractivity contribution in [3.8, 4) is 5.75 Å². The van der Waals surface area contributed by atoms with Crippen LogP contribution < -0.4 is 10.1 Å². The molecule has 5 nitrogen and oxygen atoms in total. The Morgan fingerprint density at radius 2 is 1.81 bits per heavy atom. The van der Waals surface area contributed by atoms with E-state index in [1.54, 1.807) is 24.0 Å². The summed E-state index contributed by atoms with van der Waals surface area (Å²) in [6, 6.07) is 12.4. The van der Waals surface area contributed by atoms with Crippen molar-refractivity contribution in [2.24, 2.45) is 0 Å². The highest BCUT2D eigenvalue weighted by Gasteiger charge is 2.25. The summed E-state index contributed by atoms with van der Waals surface area (Å²) >= 11 is 12.1. The van der Waals surface area contributed by atoms with Crippen LogP contribution in [-0.4, -0.2) is 35.9 Å².